The van der Waals surface area contributed by atoms with Crippen LogP contribution in [-0.2, 0) is 0 Å². The van der Waals surface area contributed by atoms with E-state index in [1.165, 1.54) is 45.3 Å². The summed E-state index contributed by atoms with van der Waals surface area (Å²) in [6.07, 6.45) is 5.65. The van der Waals surface area contributed by atoms with E-state index in [0.29, 0.717) is 0 Å². The van der Waals surface area contributed by atoms with Crippen molar-refractivity contribution in [2.75, 3.05) is 19.6 Å². The van der Waals surface area contributed by atoms with Crippen LogP contribution in [0.1, 0.15) is 32.6 Å². The van der Waals surface area contributed by atoms with Crippen molar-refractivity contribution in [3.05, 3.63) is 0 Å². The van der Waals surface area contributed by atoms with Gasteiger partial charge in [0.25, 0.3) is 0 Å². The van der Waals surface area contributed by atoms with Crippen LogP contribution >= 0.6 is 0 Å². The molecule has 0 aromatic rings. The van der Waals surface area contributed by atoms with Crippen molar-refractivity contribution in [2.24, 2.45) is 0 Å². The monoisotopic (exact) mass is 168 g/mol. The molecule has 0 aromatic heterocycles. The number of likely N-dealkylation sites (N-methyl/N-ethyl adjacent to an activating group) is 1. The zero-order valence-electron chi connectivity index (χ0n) is 8.05. The van der Waals surface area contributed by atoms with Gasteiger partial charge in [-0.25, -0.2) is 0 Å². The molecule has 2 rings (SSSR count). The van der Waals surface area contributed by atoms with Crippen LogP contribution in [0.5, 0.6) is 0 Å². The summed E-state index contributed by atoms with van der Waals surface area (Å²) in [5, 5.41) is 3.74. The topological polar surface area (TPSA) is 15.3 Å². The van der Waals surface area contributed by atoms with Gasteiger partial charge in [0.15, 0.2) is 0 Å². The molecule has 12 heavy (non-hydrogen) atoms. The van der Waals surface area contributed by atoms with Gasteiger partial charge in [-0.1, -0.05) is 13.3 Å². The maximum absolute atomic E-state index is 3.74. The first-order valence-electron chi connectivity index (χ1n) is 5.37. The lowest BCUT2D eigenvalue weighted by molar-refractivity contribution is 0.290. The second-order valence-electron chi connectivity index (χ2n) is 4.17. The van der Waals surface area contributed by atoms with Gasteiger partial charge in [-0.2, -0.15) is 0 Å². The van der Waals surface area contributed by atoms with Crippen LogP contribution in [0.2, 0.25) is 0 Å². The highest BCUT2D eigenvalue weighted by Gasteiger charge is 2.25. The lowest BCUT2D eigenvalue weighted by Gasteiger charge is -2.29. The summed E-state index contributed by atoms with van der Waals surface area (Å²) in [7, 11) is 0. The molecule has 0 amide bonds. The van der Waals surface area contributed by atoms with Crippen LogP contribution in [-0.4, -0.2) is 36.6 Å². The Labute approximate surface area is 75.3 Å². The SMILES string of the molecule is CCN1CC[C@H](NC2CCC2)C1. The molecule has 2 aliphatic rings. The minimum atomic E-state index is 0.801. The van der Waals surface area contributed by atoms with E-state index in [1.54, 1.807) is 0 Å². The molecule has 0 spiro atoms. The fourth-order valence-electron chi connectivity index (χ4n) is 2.16. The van der Waals surface area contributed by atoms with E-state index < -0.39 is 0 Å². The molecule has 2 nitrogen and oxygen atoms in total. The van der Waals surface area contributed by atoms with E-state index in [1.807, 2.05) is 0 Å². The van der Waals surface area contributed by atoms with E-state index in [-0.39, 0.29) is 0 Å². The summed E-state index contributed by atoms with van der Waals surface area (Å²) in [5.41, 5.74) is 0. The molecular weight excluding hydrogens is 148 g/mol. The number of hydrogen-bond donors (Lipinski definition) is 1. The summed E-state index contributed by atoms with van der Waals surface area (Å²) in [4.78, 5) is 2.54. The average Bonchev–Trinajstić information content (AvgIpc) is 2.44. The van der Waals surface area contributed by atoms with Crippen LogP contribution in [0.4, 0.5) is 0 Å². The lowest BCUT2D eigenvalue weighted by Crippen LogP contribution is -2.43. The Morgan fingerprint density at radius 3 is 2.58 bits per heavy atom. The Balaban J connectivity index is 1.68. The van der Waals surface area contributed by atoms with Crippen molar-refractivity contribution in [1.29, 1.82) is 0 Å². The van der Waals surface area contributed by atoms with Crippen molar-refractivity contribution in [2.45, 2.75) is 44.7 Å². The van der Waals surface area contributed by atoms with Gasteiger partial charge in [0.2, 0.25) is 0 Å². The van der Waals surface area contributed by atoms with E-state index in [9.17, 15) is 0 Å². The van der Waals surface area contributed by atoms with E-state index in [2.05, 4.69) is 17.1 Å². The predicted molar refractivity (Wildman–Crippen MR) is 51.3 cm³/mol. The maximum atomic E-state index is 3.74. The molecule has 1 atom stereocenters. The lowest BCUT2D eigenvalue weighted by atomic mass is 9.92. The predicted octanol–water partition coefficient (Wildman–Crippen LogP) is 1.22. The van der Waals surface area contributed by atoms with Gasteiger partial charge in [-0.15, -0.1) is 0 Å². The van der Waals surface area contributed by atoms with Crippen LogP contribution in [0.3, 0.4) is 0 Å². The average molecular weight is 168 g/mol. The Bertz CT molecular complexity index is 143. The third-order valence-electron chi connectivity index (χ3n) is 3.30. The van der Waals surface area contributed by atoms with Gasteiger partial charge in [0, 0.05) is 18.6 Å². The van der Waals surface area contributed by atoms with E-state index in [0.717, 1.165) is 12.1 Å². The highest BCUT2D eigenvalue weighted by molar-refractivity contribution is 4.86. The molecule has 0 bridgehead atoms. The van der Waals surface area contributed by atoms with E-state index in [4.69, 9.17) is 0 Å². The summed E-state index contributed by atoms with van der Waals surface area (Å²) in [5.74, 6) is 0. The Morgan fingerprint density at radius 1 is 1.25 bits per heavy atom. The smallest absolute Gasteiger partial charge is 0.0209 e. The second-order valence-corrected chi connectivity index (χ2v) is 4.17. The van der Waals surface area contributed by atoms with Gasteiger partial charge >= 0.3 is 0 Å². The highest BCUT2D eigenvalue weighted by Crippen LogP contribution is 2.20. The van der Waals surface area contributed by atoms with Crippen LogP contribution in [0.15, 0.2) is 0 Å². The molecule has 2 fully saturated rings. The Morgan fingerprint density at radius 2 is 2.08 bits per heavy atom. The number of hydrogen-bond acceptors (Lipinski definition) is 2. The molecule has 0 unspecified atom stereocenters. The minimum absolute atomic E-state index is 0.801. The third kappa shape index (κ3) is 1.80. The number of likely N-dealkylation sites (tertiary alicyclic amines) is 1. The van der Waals surface area contributed by atoms with Crippen molar-refractivity contribution in [1.82, 2.24) is 10.2 Å². The first kappa shape index (κ1) is 8.52. The minimum Gasteiger partial charge on any atom is -0.310 e. The van der Waals surface area contributed by atoms with E-state index >= 15 is 0 Å². The van der Waals surface area contributed by atoms with Gasteiger partial charge < -0.3 is 10.2 Å². The summed E-state index contributed by atoms with van der Waals surface area (Å²) in [6, 6.07) is 1.67. The van der Waals surface area contributed by atoms with Crippen molar-refractivity contribution >= 4 is 0 Å². The van der Waals surface area contributed by atoms with Crippen LogP contribution in [0.25, 0.3) is 0 Å². The molecule has 1 heterocycles. The van der Waals surface area contributed by atoms with Gasteiger partial charge in [0.05, 0.1) is 0 Å². The van der Waals surface area contributed by atoms with Crippen LogP contribution < -0.4 is 5.32 Å². The fraction of sp³-hybridized carbons (Fsp3) is 1.00. The Kier molecular flexibility index (Phi) is 2.66. The third-order valence-corrected chi connectivity index (χ3v) is 3.30. The molecule has 1 saturated heterocycles. The number of nitrogens with zero attached hydrogens (tertiary/aromatic N) is 1. The van der Waals surface area contributed by atoms with Gasteiger partial charge in [0.1, 0.15) is 0 Å². The number of nitrogens with one attached hydrogen (secondary N) is 1. The molecule has 0 radical (unpaired) electrons. The van der Waals surface area contributed by atoms with Crippen LogP contribution in [0, 0.1) is 0 Å². The molecule has 1 aliphatic heterocycles. The fourth-order valence-corrected chi connectivity index (χ4v) is 2.16. The first-order chi connectivity index (χ1) is 5.88. The number of rotatable bonds is 3. The molecule has 70 valence electrons. The normalized spacial score (nSPS) is 32.2. The molecule has 1 aliphatic carbocycles. The molecule has 0 aromatic carbocycles. The van der Waals surface area contributed by atoms with Gasteiger partial charge in [-0.3, -0.25) is 0 Å². The highest BCUT2D eigenvalue weighted by atomic mass is 15.2. The zero-order valence-corrected chi connectivity index (χ0v) is 8.05. The molecule has 1 N–H and O–H groups in total. The quantitative estimate of drug-likeness (QED) is 0.681. The molecule has 1 saturated carbocycles. The summed E-state index contributed by atoms with van der Waals surface area (Å²) >= 11 is 0. The van der Waals surface area contributed by atoms with Crippen molar-refractivity contribution < 1.29 is 0 Å². The summed E-state index contributed by atoms with van der Waals surface area (Å²) in [6.45, 7) is 6.07. The van der Waals surface area contributed by atoms with Gasteiger partial charge in [-0.05, 0) is 32.4 Å². The maximum Gasteiger partial charge on any atom is 0.0209 e. The first-order valence-corrected chi connectivity index (χ1v) is 5.37. The van der Waals surface area contributed by atoms with Crippen molar-refractivity contribution in [3.63, 3.8) is 0 Å². The zero-order chi connectivity index (χ0) is 8.39. The molecular formula is C10H20N2. The Hall–Kier alpha value is -0.0800. The standard InChI is InChI=1S/C10H20N2/c1-2-12-7-6-10(8-12)11-9-4-3-5-9/h9-11H,2-8H2,1H3/t10-/m0/s1. The van der Waals surface area contributed by atoms with Crippen molar-refractivity contribution in [3.8, 4) is 0 Å². The second kappa shape index (κ2) is 3.75. The summed E-state index contributed by atoms with van der Waals surface area (Å²) < 4.78 is 0. The molecule has 2 heteroatoms. The largest absolute Gasteiger partial charge is 0.310 e.